The zero-order valence-electron chi connectivity index (χ0n) is 12.9. The number of nitrogens with one attached hydrogen (secondary N) is 1. The highest BCUT2D eigenvalue weighted by Crippen LogP contribution is 2.21. The Bertz CT molecular complexity index is 659. The molecule has 0 radical (unpaired) electrons. The first-order chi connectivity index (χ1) is 11.0. The Labute approximate surface area is 140 Å². The van der Waals surface area contributed by atoms with Crippen LogP contribution in [0.25, 0.3) is 0 Å². The molecule has 0 aromatic heterocycles. The van der Waals surface area contributed by atoms with Crippen molar-refractivity contribution in [3.63, 3.8) is 0 Å². The number of carbonyl (C=O) groups is 1. The Balaban J connectivity index is 1.64. The average molecular weight is 336 g/mol. The molecule has 0 fully saturated rings. The van der Waals surface area contributed by atoms with E-state index in [4.69, 9.17) is 16.3 Å². The molecule has 3 nitrogen and oxygen atoms in total. The number of rotatable bonds is 7. The molecule has 0 saturated heterocycles. The number of hydrogen-bond acceptors (Lipinski definition) is 2. The molecule has 23 heavy (non-hydrogen) atoms. The predicted octanol–water partition coefficient (Wildman–Crippen LogP) is 3.92. The Morgan fingerprint density at radius 3 is 2.65 bits per heavy atom. The van der Waals surface area contributed by atoms with Crippen LogP contribution in [0.2, 0.25) is 5.02 Å². The van der Waals surface area contributed by atoms with Crippen LogP contribution in [0.4, 0.5) is 4.39 Å². The summed E-state index contributed by atoms with van der Waals surface area (Å²) in [5, 5.41) is 3.45. The second-order valence-corrected chi connectivity index (χ2v) is 5.64. The molecule has 2 rings (SSSR count). The van der Waals surface area contributed by atoms with Gasteiger partial charge in [0.1, 0.15) is 18.2 Å². The highest BCUT2D eigenvalue weighted by molar-refractivity contribution is 6.31. The molecular formula is C18H19ClFNO2. The van der Waals surface area contributed by atoms with Crippen molar-refractivity contribution < 1.29 is 13.9 Å². The molecule has 0 atom stereocenters. The minimum Gasteiger partial charge on any atom is -0.492 e. The summed E-state index contributed by atoms with van der Waals surface area (Å²) in [6.45, 7) is 2.73. The van der Waals surface area contributed by atoms with Crippen LogP contribution in [0, 0.1) is 12.7 Å². The summed E-state index contributed by atoms with van der Waals surface area (Å²) in [5.41, 5.74) is 1.93. The lowest BCUT2D eigenvalue weighted by molar-refractivity contribution is -0.121. The van der Waals surface area contributed by atoms with Gasteiger partial charge in [-0.25, -0.2) is 4.39 Å². The molecule has 0 aliphatic rings. The van der Waals surface area contributed by atoms with Gasteiger partial charge in [0.2, 0.25) is 5.91 Å². The van der Waals surface area contributed by atoms with E-state index < -0.39 is 0 Å². The maximum atomic E-state index is 12.8. The Hall–Kier alpha value is -2.07. The van der Waals surface area contributed by atoms with E-state index in [0.717, 1.165) is 11.1 Å². The van der Waals surface area contributed by atoms with E-state index in [0.29, 0.717) is 36.8 Å². The number of carbonyl (C=O) groups excluding carboxylic acids is 1. The topological polar surface area (TPSA) is 38.3 Å². The predicted molar refractivity (Wildman–Crippen MR) is 89.4 cm³/mol. The molecule has 0 unspecified atom stereocenters. The van der Waals surface area contributed by atoms with Crippen molar-refractivity contribution in [1.29, 1.82) is 0 Å². The quantitative estimate of drug-likeness (QED) is 0.779. The normalized spacial score (nSPS) is 10.4. The summed E-state index contributed by atoms with van der Waals surface area (Å²) in [6.07, 6.45) is 0.947. The third kappa shape index (κ3) is 5.91. The van der Waals surface area contributed by atoms with Gasteiger partial charge in [-0.2, -0.15) is 0 Å². The van der Waals surface area contributed by atoms with Crippen molar-refractivity contribution in [3.05, 3.63) is 64.4 Å². The fourth-order valence-corrected chi connectivity index (χ4v) is 2.19. The summed E-state index contributed by atoms with van der Waals surface area (Å²) >= 11 is 6.01. The minimum atomic E-state index is -0.272. The van der Waals surface area contributed by atoms with Gasteiger partial charge >= 0.3 is 0 Å². The molecule has 0 bridgehead atoms. The second kappa shape index (κ2) is 8.53. The lowest BCUT2D eigenvalue weighted by atomic mass is 10.1. The zero-order valence-corrected chi connectivity index (χ0v) is 13.7. The smallest absolute Gasteiger partial charge is 0.220 e. The molecule has 122 valence electrons. The van der Waals surface area contributed by atoms with Crippen LogP contribution in [0.3, 0.4) is 0 Å². The van der Waals surface area contributed by atoms with Gasteiger partial charge in [0.25, 0.3) is 0 Å². The number of aryl methyl sites for hydroxylation is 2. The van der Waals surface area contributed by atoms with E-state index in [1.165, 1.54) is 12.1 Å². The molecular weight excluding hydrogens is 317 g/mol. The van der Waals surface area contributed by atoms with E-state index in [9.17, 15) is 9.18 Å². The standard InChI is InChI=1S/C18H19ClFNO2/c1-13-2-8-16(12-17(13)19)23-11-10-21-18(22)9-5-14-3-6-15(20)7-4-14/h2-4,6-8,12H,5,9-11H2,1H3,(H,21,22). The Morgan fingerprint density at radius 2 is 1.96 bits per heavy atom. The Kier molecular flexibility index (Phi) is 6.41. The average Bonchev–Trinajstić information content (AvgIpc) is 2.54. The SMILES string of the molecule is Cc1ccc(OCCNC(=O)CCc2ccc(F)cc2)cc1Cl. The van der Waals surface area contributed by atoms with Gasteiger partial charge in [0, 0.05) is 11.4 Å². The number of hydrogen-bond donors (Lipinski definition) is 1. The van der Waals surface area contributed by atoms with Crippen LogP contribution in [-0.4, -0.2) is 19.1 Å². The van der Waals surface area contributed by atoms with Crippen molar-refractivity contribution in [2.24, 2.45) is 0 Å². The van der Waals surface area contributed by atoms with Crippen molar-refractivity contribution in [3.8, 4) is 5.75 Å². The third-order valence-corrected chi connectivity index (χ3v) is 3.80. The van der Waals surface area contributed by atoms with E-state index in [1.54, 1.807) is 18.2 Å². The van der Waals surface area contributed by atoms with E-state index in [2.05, 4.69) is 5.32 Å². The van der Waals surface area contributed by atoms with Gasteiger partial charge in [0.05, 0.1) is 6.54 Å². The van der Waals surface area contributed by atoms with Crippen LogP contribution in [0.1, 0.15) is 17.5 Å². The van der Waals surface area contributed by atoms with Crippen LogP contribution in [0.15, 0.2) is 42.5 Å². The first-order valence-corrected chi connectivity index (χ1v) is 7.82. The maximum absolute atomic E-state index is 12.8. The van der Waals surface area contributed by atoms with Crippen molar-refractivity contribution in [2.45, 2.75) is 19.8 Å². The largest absolute Gasteiger partial charge is 0.492 e. The zero-order chi connectivity index (χ0) is 16.7. The molecule has 0 aliphatic heterocycles. The summed E-state index contributed by atoms with van der Waals surface area (Å²) < 4.78 is 18.3. The number of halogens is 2. The first-order valence-electron chi connectivity index (χ1n) is 7.44. The molecule has 1 N–H and O–H groups in total. The Morgan fingerprint density at radius 1 is 1.22 bits per heavy atom. The van der Waals surface area contributed by atoms with Gasteiger partial charge in [-0.05, 0) is 48.7 Å². The van der Waals surface area contributed by atoms with Crippen LogP contribution in [0.5, 0.6) is 5.75 Å². The second-order valence-electron chi connectivity index (χ2n) is 5.24. The number of benzene rings is 2. The van der Waals surface area contributed by atoms with E-state index in [1.807, 2.05) is 19.1 Å². The van der Waals surface area contributed by atoms with E-state index >= 15 is 0 Å². The summed E-state index contributed by atoms with van der Waals surface area (Å²) in [7, 11) is 0. The lowest BCUT2D eigenvalue weighted by Gasteiger charge is -2.09. The van der Waals surface area contributed by atoms with Crippen molar-refractivity contribution in [2.75, 3.05) is 13.2 Å². The molecule has 0 spiro atoms. The number of amides is 1. The molecule has 0 heterocycles. The summed E-state index contributed by atoms with van der Waals surface area (Å²) in [5.74, 6) is 0.354. The van der Waals surface area contributed by atoms with Crippen LogP contribution < -0.4 is 10.1 Å². The van der Waals surface area contributed by atoms with Crippen molar-refractivity contribution in [1.82, 2.24) is 5.32 Å². The molecule has 5 heteroatoms. The van der Waals surface area contributed by atoms with E-state index in [-0.39, 0.29) is 11.7 Å². The summed E-state index contributed by atoms with van der Waals surface area (Å²) in [4.78, 5) is 11.7. The van der Waals surface area contributed by atoms with Gasteiger partial charge in [-0.3, -0.25) is 4.79 Å². The number of ether oxygens (including phenoxy) is 1. The highest BCUT2D eigenvalue weighted by atomic mass is 35.5. The third-order valence-electron chi connectivity index (χ3n) is 3.39. The van der Waals surface area contributed by atoms with Crippen LogP contribution in [-0.2, 0) is 11.2 Å². The summed E-state index contributed by atoms with van der Waals surface area (Å²) in [6, 6.07) is 11.7. The molecule has 0 saturated carbocycles. The molecule has 1 amide bonds. The highest BCUT2D eigenvalue weighted by Gasteiger charge is 2.03. The fraction of sp³-hybridized carbons (Fsp3) is 0.278. The van der Waals surface area contributed by atoms with Gasteiger partial charge < -0.3 is 10.1 Å². The van der Waals surface area contributed by atoms with Crippen LogP contribution >= 0.6 is 11.6 Å². The van der Waals surface area contributed by atoms with Gasteiger partial charge in [0.15, 0.2) is 0 Å². The maximum Gasteiger partial charge on any atom is 0.220 e. The lowest BCUT2D eigenvalue weighted by Crippen LogP contribution is -2.28. The van der Waals surface area contributed by atoms with Crippen molar-refractivity contribution >= 4 is 17.5 Å². The monoisotopic (exact) mass is 335 g/mol. The van der Waals surface area contributed by atoms with Gasteiger partial charge in [-0.1, -0.05) is 29.8 Å². The van der Waals surface area contributed by atoms with Gasteiger partial charge in [-0.15, -0.1) is 0 Å². The molecule has 2 aromatic rings. The minimum absolute atomic E-state index is 0.0557. The fourth-order valence-electron chi connectivity index (χ4n) is 2.02. The molecule has 0 aliphatic carbocycles. The first kappa shape index (κ1) is 17.3. The molecule has 2 aromatic carbocycles.